The Labute approximate surface area is 222 Å². The molecular weight excluding hydrogens is 516 g/mol. The van der Waals surface area contributed by atoms with Gasteiger partial charge in [-0.2, -0.15) is 10.5 Å². The average Bonchev–Trinajstić information content (AvgIpc) is 2.97. The quantitative estimate of drug-likeness (QED) is 0.276. The van der Waals surface area contributed by atoms with Crippen molar-refractivity contribution in [3.8, 4) is 12.1 Å². The maximum absolute atomic E-state index is 12.3. The van der Waals surface area contributed by atoms with Gasteiger partial charge in [-0.25, -0.2) is 16.8 Å². The van der Waals surface area contributed by atoms with Gasteiger partial charge < -0.3 is 0 Å². The van der Waals surface area contributed by atoms with Crippen molar-refractivity contribution in [2.75, 3.05) is 0 Å². The highest BCUT2D eigenvalue weighted by Gasteiger charge is 2.21. The van der Waals surface area contributed by atoms with Crippen LogP contribution in [0.25, 0.3) is 12.2 Å². The molecule has 4 aromatic carbocycles. The van der Waals surface area contributed by atoms with E-state index in [1.54, 1.807) is 97.1 Å². The van der Waals surface area contributed by atoms with Crippen molar-refractivity contribution in [2.45, 2.75) is 9.79 Å². The summed E-state index contributed by atoms with van der Waals surface area (Å²) < 4.78 is 49.1. The Balaban J connectivity index is 0.000000211. The predicted octanol–water partition coefficient (Wildman–Crippen LogP) is 6.05. The maximum Gasteiger partial charge on any atom is 0.216 e. The van der Waals surface area contributed by atoms with Gasteiger partial charge in [0.15, 0.2) is 0 Å². The third-order valence-electron chi connectivity index (χ3n) is 5.10. The summed E-state index contributed by atoms with van der Waals surface area (Å²) in [5.74, 6) is 0. The summed E-state index contributed by atoms with van der Waals surface area (Å²) >= 11 is 0. The highest BCUT2D eigenvalue weighted by molar-refractivity contribution is 7.96. The topological polar surface area (TPSA) is 116 Å². The van der Waals surface area contributed by atoms with Crippen LogP contribution in [0, 0.1) is 22.7 Å². The molecule has 0 fully saturated rings. The van der Waals surface area contributed by atoms with Crippen molar-refractivity contribution in [2.24, 2.45) is 0 Å². The minimum absolute atomic E-state index is 0.124. The van der Waals surface area contributed by atoms with Gasteiger partial charge in [0.2, 0.25) is 19.7 Å². The zero-order valence-corrected chi connectivity index (χ0v) is 21.7. The number of nitriles is 2. The van der Waals surface area contributed by atoms with Crippen molar-refractivity contribution < 1.29 is 16.8 Å². The van der Waals surface area contributed by atoms with Crippen molar-refractivity contribution in [3.05, 3.63) is 142 Å². The number of benzene rings is 4. The largest absolute Gasteiger partial charge is 0.218 e. The molecule has 0 spiro atoms. The van der Waals surface area contributed by atoms with Crippen LogP contribution in [0.5, 0.6) is 0 Å². The third-order valence-corrected chi connectivity index (χ3v) is 8.46. The molecule has 0 bridgehead atoms. The van der Waals surface area contributed by atoms with Crippen LogP contribution in [0.1, 0.15) is 11.1 Å². The van der Waals surface area contributed by atoms with Gasteiger partial charge in [0.05, 0.1) is 9.79 Å². The fraction of sp³-hybridized carbons (Fsp3) is 0. The minimum Gasteiger partial charge on any atom is -0.218 e. The molecular formula is C30H22N2O4S2. The normalized spacial score (nSPS) is 11.8. The molecule has 4 aromatic rings. The summed E-state index contributed by atoms with van der Waals surface area (Å²) in [5, 5.41) is 18.2. The van der Waals surface area contributed by atoms with Crippen molar-refractivity contribution in [1.29, 1.82) is 10.5 Å². The predicted molar refractivity (Wildman–Crippen MR) is 147 cm³/mol. The van der Waals surface area contributed by atoms with Crippen LogP contribution in [0.4, 0.5) is 0 Å². The molecule has 4 rings (SSSR count). The lowest BCUT2D eigenvalue weighted by Crippen LogP contribution is -2.03. The van der Waals surface area contributed by atoms with E-state index >= 15 is 0 Å². The Morgan fingerprint density at radius 1 is 0.474 bits per heavy atom. The first-order valence-electron chi connectivity index (χ1n) is 11.2. The van der Waals surface area contributed by atoms with Crippen molar-refractivity contribution >= 4 is 31.8 Å². The third kappa shape index (κ3) is 7.14. The first kappa shape index (κ1) is 27.8. The van der Waals surface area contributed by atoms with Gasteiger partial charge in [-0.1, -0.05) is 97.1 Å². The lowest BCUT2D eigenvalue weighted by molar-refractivity contribution is 0.601. The molecule has 0 aliphatic rings. The number of allylic oxidation sites excluding steroid dienone is 2. The molecule has 0 N–H and O–H groups in total. The molecule has 0 atom stereocenters. The van der Waals surface area contributed by atoms with E-state index in [0.29, 0.717) is 11.1 Å². The molecule has 0 aliphatic heterocycles. The molecule has 0 saturated heterocycles. The van der Waals surface area contributed by atoms with Gasteiger partial charge in [0, 0.05) is 0 Å². The molecule has 0 unspecified atom stereocenters. The molecule has 0 aromatic heterocycles. The van der Waals surface area contributed by atoms with Crippen LogP contribution >= 0.6 is 0 Å². The fourth-order valence-corrected chi connectivity index (χ4v) is 5.56. The zero-order chi connectivity index (χ0) is 27.4. The molecule has 8 heteroatoms. The highest BCUT2D eigenvalue weighted by atomic mass is 32.2. The second-order valence-corrected chi connectivity index (χ2v) is 11.5. The Morgan fingerprint density at radius 3 is 1.00 bits per heavy atom. The van der Waals surface area contributed by atoms with E-state index in [1.165, 1.54) is 36.4 Å². The monoisotopic (exact) mass is 538 g/mol. The van der Waals surface area contributed by atoms with E-state index in [0.717, 1.165) is 0 Å². The molecule has 6 nitrogen and oxygen atoms in total. The second kappa shape index (κ2) is 13.0. The van der Waals surface area contributed by atoms with Crippen molar-refractivity contribution in [1.82, 2.24) is 0 Å². The first-order chi connectivity index (χ1) is 18.3. The summed E-state index contributed by atoms with van der Waals surface area (Å²) in [5.41, 5.74) is 1.36. The Morgan fingerprint density at radius 2 is 0.737 bits per heavy atom. The summed E-state index contributed by atoms with van der Waals surface area (Å²) in [6.45, 7) is 0. The van der Waals surface area contributed by atoms with Crippen LogP contribution in [0.15, 0.2) is 141 Å². The summed E-state index contributed by atoms with van der Waals surface area (Å²) in [6.07, 6.45) is 2.75. The van der Waals surface area contributed by atoms with Gasteiger partial charge in [-0.15, -0.1) is 0 Å². The maximum atomic E-state index is 12.3. The summed E-state index contributed by atoms with van der Waals surface area (Å²) in [6, 6.07) is 37.2. The van der Waals surface area contributed by atoms with Gasteiger partial charge in [-0.3, -0.25) is 0 Å². The number of sulfone groups is 2. The smallest absolute Gasteiger partial charge is 0.216 e. The Hall–Kier alpha value is -4.76. The van der Waals surface area contributed by atoms with Gasteiger partial charge >= 0.3 is 0 Å². The molecule has 0 amide bonds. The van der Waals surface area contributed by atoms with Crippen LogP contribution in [-0.4, -0.2) is 16.8 Å². The van der Waals surface area contributed by atoms with E-state index < -0.39 is 19.7 Å². The van der Waals surface area contributed by atoms with E-state index in [1.807, 2.05) is 12.1 Å². The molecule has 188 valence electrons. The van der Waals surface area contributed by atoms with Gasteiger partial charge in [-0.05, 0) is 47.5 Å². The zero-order valence-electron chi connectivity index (χ0n) is 20.0. The lowest BCUT2D eigenvalue weighted by Gasteiger charge is -2.02. The molecule has 0 saturated carbocycles. The van der Waals surface area contributed by atoms with Gasteiger partial charge in [0.25, 0.3) is 0 Å². The van der Waals surface area contributed by atoms with E-state index in [4.69, 9.17) is 10.5 Å². The SMILES string of the molecule is N#CC(=Cc1ccccc1)S(=O)(=O)c1ccccc1.N#CC(=Cc1ccccc1)S(=O)(=O)c1ccccc1. The Bertz CT molecular complexity index is 1590. The number of hydrogen-bond acceptors (Lipinski definition) is 6. The van der Waals surface area contributed by atoms with Crippen LogP contribution in [0.2, 0.25) is 0 Å². The highest BCUT2D eigenvalue weighted by Crippen LogP contribution is 2.21. The number of nitrogens with zero attached hydrogens (tertiary/aromatic N) is 2. The van der Waals surface area contributed by atoms with E-state index in [2.05, 4.69) is 0 Å². The van der Waals surface area contributed by atoms with E-state index in [-0.39, 0.29) is 19.6 Å². The molecule has 0 aliphatic carbocycles. The second-order valence-electron chi connectivity index (χ2n) is 7.70. The minimum atomic E-state index is -3.75. The van der Waals surface area contributed by atoms with Crippen molar-refractivity contribution in [3.63, 3.8) is 0 Å². The van der Waals surface area contributed by atoms with Crippen LogP contribution < -0.4 is 0 Å². The fourth-order valence-electron chi connectivity index (χ4n) is 3.19. The number of rotatable bonds is 6. The summed E-state index contributed by atoms with van der Waals surface area (Å²) in [4.78, 5) is -0.271. The average molecular weight is 539 g/mol. The lowest BCUT2D eigenvalue weighted by atomic mass is 10.2. The standard InChI is InChI=1S/2C15H11NO2S/c2*16-12-15(11-13-7-3-1-4-8-13)19(17,18)14-9-5-2-6-10-14/h2*1-11H. The Kier molecular flexibility index (Phi) is 9.50. The van der Waals surface area contributed by atoms with Crippen LogP contribution in [-0.2, 0) is 19.7 Å². The number of hydrogen-bond donors (Lipinski definition) is 0. The molecule has 38 heavy (non-hydrogen) atoms. The first-order valence-corrected chi connectivity index (χ1v) is 14.2. The molecule has 0 radical (unpaired) electrons. The molecule has 0 heterocycles. The van der Waals surface area contributed by atoms with Crippen LogP contribution in [0.3, 0.4) is 0 Å². The van der Waals surface area contributed by atoms with Gasteiger partial charge in [0.1, 0.15) is 21.9 Å². The van der Waals surface area contributed by atoms with E-state index in [9.17, 15) is 16.8 Å². The summed E-state index contributed by atoms with van der Waals surface area (Å²) in [7, 11) is -7.50.